The minimum Gasteiger partial charge on any atom is -0.355 e. The van der Waals surface area contributed by atoms with Crippen LogP contribution in [-0.2, 0) is 0 Å². The lowest BCUT2D eigenvalue weighted by atomic mass is 10.1. The Bertz CT molecular complexity index is 1520. The third-order valence-corrected chi connectivity index (χ3v) is 5.96. The van der Waals surface area contributed by atoms with Gasteiger partial charge in [0.1, 0.15) is 0 Å². The Kier molecular flexibility index (Phi) is 6.38. The molecule has 0 radical (unpaired) electrons. The number of carbonyl (C=O) groups excluding carboxylic acids is 1. The van der Waals surface area contributed by atoms with Crippen molar-refractivity contribution in [3.05, 3.63) is 109 Å². The van der Waals surface area contributed by atoms with Crippen molar-refractivity contribution in [2.75, 3.05) is 16.0 Å². The van der Waals surface area contributed by atoms with Crippen LogP contribution in [0.25, 0.3) is 10.9 Å². The number of nitrogens with one attached hydrogen (secondary N) is 3. The number of rotatable bonds is 6. The second kappa shape index (κ2) is 9.92. The van der Waals surface area contributed by atoms with Crippen LogP contribution in [0.15, 0.2) is 97.5 Å². The molecule has 6 nitrogen and oxygen atoms in total. The zero-order valence-corrected chi connectivity index (χ0v) is 20.3. The van der Waals surface area contributed by atoms with E-state index in [2.05, 4.69) is 41.2 Å². The quantitative estimate of drug-likeness (QED) is 0.255. The van der Waals surface area contributed by atoms with E-state index in [4.69, 9.17) is 0 Å². The molecular weight excluding hydrogens is 453 g/mol. The molecule has 0 aliphatic rings. The molecule has 0 aliphatic carbocycles. The Hall–Kier alpha value is -4.28. The van der Waals surface area contributed by atoms with Gasteiger partial charge in [0, 0.05) is 58.0 Å². The molecular formula is C28H24N5OP. The second-order valence-electron chi connectivity index (χ2n) is 8.19. The summed E-state index contributed by atoms with van der Waals surface area (Å²) in [5.41, 5.74) is 6.82. The minimum atomic E-state index is -0.155. The van der Waals surface area contributed by atoms with E-state index >= 15 is 0 Å². The molecule has 0 aliphatic heterocycles. The van der Waals surface area contributed by atoms with Crippen molar-refractivity contribution in [1.29, 1.82) is 0 Å². The van der Waals surface area contributed by atoms with Crippen molar-refractivity contribution in [3.8, 4) is 0 Å². The summed E-state index contributed by atoms with van der Waals surface area (Å²) in [6.07, 6.45) is 5.25. The molecule has 1 amide bonds. The third kappa shape index (κ3) is 5.29. The first-order chi connectivity index (χ1) is 17.0. The zero-order valence-electron chi connectivity index (χ0n) is 19.1. The fourth-order valence-electron chi connectivity index (χ4n) is 3.90. The Morgan fingerprint density at radius 1 is 0.771 bits per heavy atom. The number of amides is 1. The molecule has 2 heterocycles. The molecule has 0 bridgehead atoms. The van der Waals surface area contributed by atoms with Crippen molar-refractivity contribution < 1.29 is 4.79 Å². The zero-order chi connectivity index (χ0) is 24.2. The maximum atomic E-state index is 13.0. The van der Waals surface area contributed by atoms with Gasteiger partial charge in [-0.3, -0.25) is 14.8 Å². The summed E-state index contributed by atoms with van der Waals surface area (Å²) in [4.78, 5) is 21.5. The molecule has 1 unspecified atom stereocenters. The first kappa shape index (κ1) is 22.5. The lowest BCUT2D eigenvalue weighted by Crippen LogP contribution is -2.13. The fourth-order valence-corrected chi connectivity index (χ4v) is 4.16. The number of aryl methyl sites for hydroxylation is 1. The molecule has 5 rings (SSSR count). The van der Waals surface area contributed by atoms with Crippen LogP contribution in [0.2, 0.25) is 0 Å². The highest BCUT2D eigenvalue weighted by Gasteiger charge is 2.11. The number of pyridine rings is 2. The number of benzene rings is 3. The maximum absolute atomic E-state index is 13.0. The third-order valence-electron chi connectivity index (χ3n) is 5.61. The second-order valence-corrected chi connectivity index (χ2v) is 8.85. The molecule has 0 saturated heterocycles. The number of nitrogens with zero attached hydrogens (tertiary/aromatic N) is 2. The lowest BCUT2D eigenvalue weighted by molar-refractivity contribution is 0.102. The first-order valence-electron chi connectivity index (χ1n) is 11.2. The summed E-state index contributed by atoms with van der Waals surface area (Å²) in [5, 5.41) is 11.9. The predicted molar refractivity (Wildman–Crippen MR) is 147 cm³/mol. The van der Waals surface area contributed by atoms with Crippen LogP contribution in [0.4, 0.5) is 28.4 Å². The van der Waals surface area contributed by atoms with Gasteiger partial charge in [0.25, 0.3) is 5.91 Å². The van der Waals surface area contributed by atoms with Gasteiger partial charge in [-0.15, -0.1) is 9.24 Å². The van der Waals surface area contributed by atoms with E-state index in [1.807, 2.05) is 79.7 Å². The summed E-state index contributed by atoms with van der Waals surface area (Å²) in [6, 6.07) is 25.2. The number of carbonyl (C=O) groups is 1. The van der Waals surface area contributed by atoms with Crippen LogP contribution >= 0.6 is 9.24 Å². The number of aromatic nitrogens is 2. The van der Waals surface area contributed by atoms with E-state index in [9.17, 15) is 4.79 Å². The van der Waals surface area contributed by atoms with Crippen LogP contribution in [0.3, 0.4) is 0 Å². The smallest absolute Gasteiger partial charge is 0.255 e. The summed E-state index contributed by atoms with van der Waals surface area (Å²) >= 11 is 0. The van der Waals surface area contributed by atoms with E-state index in [-0.39, 0.29) is 5.91 Å². The van der Waals surface area contributed by atoms with Gasteiger partial charge >= 0.3 is 0 Å². The van der Waals surface area contributed by atoms with Crippen LogP contribution in [-0.4, -0.2) is 15.9 Å². The molecule has 0 spiro atoms. The van der Waals surface area contributed by atoms with E-state index in [1.165, 1.54) is 0 Å². The van der Waals surface area contributed by atoms with Gasteiger partial charge in [-0.2, -0.15) is 0 Å². The first-order valence-corrected chi connectivity index (χ1v) is 11.7. The van der Waals surface area contributed by atoms with Crippen LogP contribution in [0, 0.1) is 6.92 Å². The van der Waals surface area contributed by atoms with Crippen LogP contribution in [0.1, 0.15) is 15.9 Å². The highest BCUT2D eigenvalue weighted by atomic mass is 31.0. The van der Waals surface area contributed by atoms with E-state index in [0.29, 0.717) is 11.3 Å². The Labute approximate surface area is 206 Å². The van der Waals surface area contributed by atoms with Gasteiger partial charge in [0.2, 0.25) is 0 Å². The van der Waals surface area contributed by atoms with Gasteiger partial charge < -0.3 is 16.0 Å². The van der Waals surface area contributed by atoms with Crippen molar-refractivity contribution in [3.63, 3.8) is 0 Å². The van der Waals surface area contributed by atoms with Gasteiger partial charge in [-0.05, 0) is 84.5 Å². The van der Waals surface area contributed by atoms with E-state index in [1.54, 1.807) is 18.6 Å². The van der Waals surface area contributed by atoms with Gasteiger partial charge in [0.05, 0.1) is 5.52 Å². The highest BCUT2D eigenvalue weighted by Crippen LogP contribution is 2.27. The SMILES string of the molecule is Cc1cc(Nc2ccnc3ccc(P)cc23)ccc1C(=O)Nc1cccc(Nc2ccncc2)c1. The average Bonchev–Trinajstić information content (AvgIpc) is 2.85. The van der Waals surface area contributed by atoms with E-state index in [0.717, 1.165) is 44.5 Å². The molecule has 172 valence electrons. The van der Waals surface area contributed by atoms with Crippen molar-refractivity contribution >= 4 is 59.8 Å². The van der Waals surface area contributed by atoms with Gasteiger partial charge in [-0.1, -0.05) is 12.1 Å². The summed E-state index contributed by atoms with van der Waals surface area (Å²) in [7, 11) is 2.72. The number of hydrogen-bond acceptors (Lipinski definition) is 5. The predicted octanol–water partition coefficient (Wildman–Crippen LogP) is 6.18. The summed E-state index contributed by atoms with van der Waals surface area (Å²) in [5.74, 6) is -0.155. The molecule has 3 N–H and O–H groups in total. The van der Waals surface area contributed by atoms with Crippen molar-refractivity contribution in [2.24, 2.45) is 0 Å². The van der Waals surface area contributed by atoms with Crippen LogP contribution in [0.5, 0.6) is 0 Å². The maximum Gasteiger partial charge on any atom is 0.255 e. The highest BCUT2D eigenvalue weighted by molar-refractivity contribution is 7.27. The molecule has 5 aromatic rings. The van der Waals surface area contributed by atoms with E-state index < -0.39 is 0 Å². The number of anilines is 5. The molecule has 1 atom stereocenters. The average molecular weight is 478 g/mol. The van der Waals surface area contributed by atoms with Crippen molar-refractivity contribution in [1.82, 2.24) is 9.97 Å². The Balaban J connectivity index is 1.32. The Morgan fingerprint density at radius 3 is 2.40 bits per heavy atom. The molecule has 35 heavy (non-hydrogen) atoms. The van der Waals surface area contributed by atoms with Crippen molar-refractivity contribution in [2.45, 2.75) is 6.92 Å². The monoisotopic (exact) mass is 477 g/mol. The normalized spacial score (nSPS) is 10.7. The van der Waals surface area contributed by atoms with Gasteiger partial charge in [0.15, 0.2) is 0 Å². The largest absolute Gasteiger partial charge is 0.355 e. The molecule has 3 aromatic carbocycles. The molecule has 2 aromatic heterocycles. The van der Waals surface area contributed by atoms with Crippen LogP contribution < -0.4 is 21.3 Å². The fraction of sp³-hybridized carbons (Fsp3) is 0.0357. The molecule has 0 fully saturated rings. The molecule has 0 saturated carbocycles. The number of hydrogen-bond donors (Lipinski definition) is 3. The summed E-state index contributed by atoms with van der Waals surface area (Å²) < 4.78 is 0. The standard InChI is InChI=1S/C28H24N5OP/c1-18-15-22(32-27-11-14-30-26-8-6-23(35)17-25(26)27)5-7-24(18)28(34)33-21-4-2-3-20(16-21)31-19-9-12-29-13-10-19/h2-17H,35H2,1H3,(H,29,31)(H,30,32)(H,33,34). The number of fused-ring (bicyclic) bond motifs is 1. The molecule has 7 heteroatoms. The summed E-state index contributed by atoms with van der Waals surface area (Å²) in [6.45, 7) is 1.94. The Morgan fingerprint density at radius 2 is 1.57 bits per heavy atom. The minimum absolute atomic E-state index is 0.155. The topological polar surface area (TPSA) is 78.9 Å². The van der Waals surface area contributed by atoms with Gasteiger partial charge in [-0.25, -0.2) is 0 Å². The lowest BCUT2D eigenvalue weighted by Gasteiger charge is -2.13.